The zero-order valence-electron chi connectivity index (χ0n) is 15.3. The molecule has 132 valence electrons. The molecule has 0 aliphatic heterocycles. The van der Waals surface area contributed by atoms with Gasteiger partial charge in [0.2, 0.25) is 11.8 Å². The van der Waals surface area contributed by atoms with E-state index in [1.807, 2.05) is 32.9 Å². The maximum Gasteiger partial charge on any atom is 0.223 e. The number of hydrogen-bond acceptors (Lipinski definition) is 3. The van der Waals surface area contributed by atoms with Gasteiger partial charge in [0.25, 0.3) is 0 Å². The molecule has 5 heteroatoms. The lowest BCUT2D eigenvalue weighted by Gasteiger charge is -2.25. The normalized spacial score (nSPS) is 10.4. The number of amides is 2. The first kappa shape index (κ1) is 18.6. The van der Waals surface area contributed by atoms with E-state index >= 15 is 0 Å². The maximum absolute atomic E-state index is 12.1. The molecule has 0 aliphatic rings. The fraction of sp³-hybridized carbons (Fsp3) is 0.350. The molecule has 1 aromatic carbocycles. The van der Waals surface area contributed by atoms with E-state index in [0.29, 0.717) is 13.1 Å². The smallest absolute Gasteiger partial charge is 0.223 e. The number of benzene rings is 1. The molecule has 0 fully saturated rings. The molecule has 0 saturated carbocycles. The van der Waals surface area contributed by atoms with Gasteiger partial charge in [0.05, 0.1) is 0 Å². The van der Waals surface area contributed by atoms with Crippen LogP contribution in [0, 0.1) is 20.8 Å². The van der Waals surface area contributed by atoms with Crippen LogP contribution in [-0.4, -0.2) is 23.3 Å². The van der Waals surface area contributed by atoms with Crippen LogP contribution in [0.15, 0.2) is 36.7 Å². The molecule has 0 radical (unpaired) electrons. The number of rotatable bonds is 6. The van der Waals surface area contributed by atoms with Crippen molar-refractivity contribution < 1.29 is 9.59 Å². The van der Waals surface area contributed by atoms with Crippen LogP contribution in [0.3, 0.4) is 0 Å². The number of aromatic nitrogens is 1. The number of aryl methyl sites for hydroxylation is 3. The van der Waals surface area contributed by atoms with Crippen molar-refractivity contribution in [2.45, 2.75) is 40.7 Å². The van der Waals surface area contributed by atoms with Crippen LogP contribution in [0.5, 0.6) is 0 Å². The van der Waals surface area contributed by atoms with Gasteiger partial charge >= 0.3 is 0 Å². The van der Waals surface area contributed by atoms with E-state index in [-0.39, 0.29) is 18.2 Å². The first-order chi connectivity index (χ1) is 11.9. The summed E-state index contributed by atoms with van der Waals surface area (Å²) in [4.78, 5) is 30.0. The highest BCUT2D eigenvalue weighted by Crippen LogP contribution is 2.26. The van der Waals surface area contributed by atoms with Crippen molar-refractivity contribution >= 4 is 17.5 Å². The third kappa shape index (κ3) is 5.14. The summed E-state index contributed by atoms with van der Waals surface area (Å²) in [5.41, 5.74) is 5.10. The Labute approximate surface area is 149 Å². The Morgan fingerprint density at radius 1 is 1.16 bits per heavy atom. The molecule has 0 aliphatic carbocycles. The third-order valence-corrected chi connectivity index (χ3v) is 4.06. The monoisotopic (exact) mass is 339 g/mol. The van der Waals surface area contributed by atoms with E-state index < -0.39 is 0 Å². The Morgan fingerprint density at radius 3 is 2.40 bits per heavy atom. The quantitative estimate of drug-likeness (QED) is 0.880. The Kier molecular flexibility index (Phi) is 6.28. The molecule has 1 aromatic heterocycles. The molecule has 1 heterocycles. The molecule has 0 spiro atoms. The summed E-state index contributed by atoms with van der Waals surface area (Å²) in [6, 6.07) is 7.86. The molecule has 0 atom stereocenters. The van der Waals surface area contributed by atoms with Gasteiger partial charge in [-0.1, -0.05) is 23.8 Å². The van der Waals surface area contributed by atoms with Crippen LogP contribution < -0.4 is 10.2 Å². The summed E-state index contributed by atoms with van der Waals surface area (Å²) in [5, 5.41) is 2.87. The lowest BCUT2D eigenvalue weighted by Crippen LogP contribution is -2.34. The average Bonchev–Trinajstić information content (AvgIpc) is 2.55. The molecule has 2 aromatic rings. The zero-order chi connectivity index (χ0) is 18.4. The second-order valence-corrected chi connectivity index (χ2v) is 6.31. The van der Waals surface area contributed by atoms with Crippen LogP contribution in [0.2, 0.25) is 0 Å². The number of nitrogens with zero attached hydrogens (tertiary/aromatic N) is 2. The lowest BCUT2D eigenvalue weighted by atomic mass is 10.0. The van der Waals surface area contributed by atoms with Crippen molar-refractivity contribution in [2.24, 2.45) is 0 Å². The van der Waals surface area contributed by atoms with Crippen molar-refractivity contribution in [2.75, 3.05) is 11.4 Å². The molecule has 0 unspecified atom stereocenters. The Morgan fingerprint density at radius 2 is 1.84 bits per heavy atom. The second kappa shape index (κ2) is 8.42. The summed E-state index contributed by atoms with van der Waals surface area (Å²) in [7, 11) is 0. The van der Waals surface area contributed by atoms with Crippen LogP contribution in [0.25, 0.3) is 0 Å². The van der Waals surface area contributed by atoms with E-state index in [2.05, 4.69) is 22.4 Å². The van der Waals surface area contributed by atoms with Gasteiger partial charge < -0.3 is 10.2 Å². The number of nitrogens with one attached hydrogen (secondary N) is 1. The number of anilines is 1. The molecule has 0 saturated heterocycles. The number of carbonyl (C=O) groups is 2. The van der Waals surface area contributed by atoms with Crippen molar-refractivity contribution in [3.63, 3.8) is 0 Å². The van der Waals surface area contributed by atoms with Crippen molar-refractivity contribution in [3.05, 3.63) is 58.9 Å². The summed E-state index contributed by atoms with van der Waals surface area (Å²) >= 11 is 0. The molecule has 5 nitrogen and oxygen atoms in total. The molecule has 25 heavy (non-hydrogen) atoms. The minimum Gasteiger partial charge on any atom is -0.352 e. The molecular weight excluding hydrogens is 314 g/mol. The van der Waals surface area contributed by atoms with E-state index in [4.69, 9.17) is 0 Å². The van der Waals surface area contributed by atoms with Gasteiger partial charge in [0.1, 0.15) is 0 Å². The highest BCUT2D eigenvalue weighted by molar-refractivity contribution is 5.94. The summed E-state index contributed by atoms with van der Waals surface area (Å²) in [6.45, 7) is 8.36. The van der Waals surface area contributed by atoms with Crippen molar-refractivity contribution in [1.29, 1.82) is 0 Å². The number of pyridine rings is 1. The maximum atomic E-state index is 12.1. The summed E-state index contributed by atoms with van der Waals surface area (Å²) in [5.74, 6) is -0.146. The van der Waals surface area contributed by atoms with Crippen LogP contribution in [-0.2, 0) is 16.1 Å². The first-order valence-corrected chi connectivity index (χ1v) is 8.40. The summed E-state index contributed by atoms with van der Waals surface area (Å²) < 4.78 is 0. The van der Waals surface area contributed by atoms with E-state index in [9.17, 15) is 9.59 Å². The van der Waals surface area contributed by atoms with Gasteiger partial charge in [-0.25, -0.2) is 0 Å². The van der Waals surface area contributed by atoms with Crippen LogP contribution in [0.1, 0.15) is 35.6 Å². The Hall–Kier alpha value is -2.69. The topological polar surface area (TPSA) is 62.3 Å². The molecule has 2 rings (SSSR count). The van der Waals surface area contributed by atoms with Gasteiger partial charge in [0.15, 0.2) is 0 Å². The zero-order valence-corrected chi connectivity index (χ0v) is 15.3. The van der Waals surface area contributed by atoms with Gasteiger partial charge in [-0.05, 0) is 43.5 Å². The lowest BCUT2D eigenvalue weighted by molar-refractivity contribution is -0.121. The van der Waals surface area contributed by atoms with E-state index in [1.165, 1.54) is 6.92 Å². The predicted octanol–water partition coefficient (Wildman–Crippen LogP) is 3.07. The van der Waals surface area contributed by atoms with Crippen LogP contribution in [0.4, 0.5) is 5.69 Å². The second-order valence-electron chi connectivity index (χ2n) is 6.31. The number of hydrogen-bond donors (Lipinski definition) is 1. The first-order valence-electron chi connectivity index (χ1n) is 8.40. The van der Waals surface area contributed by atoms with Gasteiger partial charge in [-0.3, -0.25) is 14.6 Å². The van der Waals surface area contributed by atoms with Crippen molar-refractivity contribution in [1.82, 2.24) is 10.3 Å². The van der Waals surface area contributed by atoms with Gasteiger partial charge in [-0.2, -0.15) is 0 Å². The molecule has 2 amide bonds. The number of carbonyl (C=O) groups excluding carboxylic acids is 2. The van der Waals surface area contributed by atoms with E-state index in [0.717, 1.165) is 27.9 Å². The average molecular weight is 339 g/mol. The fourth-order valence-corrected chi connectivity index (χ4v) is 3.03. The fourth-order valence-electron chi connectivity index (χ4n) is 3.03. The minimum absolute atomic E-state index is 0.0601. The molecule has 1 N–H and O–H groups in total. The largest absolute Gasteiger partial charge is 0.352 e. The Bertz CT molecular complexity index is 734. The SMILES string of the molecule is CC(=O)N(CCC(=O)NCc1cccnc1)c1c(C)cc(C)cc1C. The van der Waals surface area contributed by atoms with Crippen molar-refractivity contribution in [3.8, 4) is 0 Å². The third-order valence-electron chi connectivity index (χ3n) is 4.06. The molecule has 0 bridgehead atoms. The summed E-state index contributed by atoms with van der Waals surface area (Å²) in [6.07, 6.45) is 3.68. The predicted molar refractivity (Wildman–Crippen MR) is 99.4 cm³/mol. The van der Waals surface area contributed by atoms with Crippen LogP contribution >= 0.6 is 0 Å². The minimum atomic E-state index is -0.0856. The highest BCUT2D eigenvalue weighted by atomic mass is 16.2. The molecular formula is C20H25N3O2. The van der Waals surface area contributed by atoms with Gasteiger partial charge in [0, 0.05) is 44.5 Å². The standard InChI is InChI=1S/C20H25N3O2/c1-14-10-15(2)20(16(3)11-14)23(17(4)24)9-7-19(25)22-13-18-6-5-8-21-12-18/h5-6,8,10-12H,7,9,13H2,1-4H3,(H,22,25). The highest BCUT2D eigenvalue weighted by Gasteiger charge is 2.17. The Balaban J connectivity index is 2.01. The van der Waals surface area contributed by atoms with E-state index in [1.54, 1.807) is 17.3 Å². The van der Waals surface area contributed by atoms with Gasteiger partial charge in [-0.15, -0.1) is 0 Å².